The van der Waals surface area contributed by atoms with E-state index in [1.54, 1.807) is 11.8 Å². The minimum Gasteiger partial charge on any atom is -0.296 e. The molecule has 0 spiro atoms. The van der Waals surface area contributed by atoms with E-state index in [0.29, 0.717) is 43.5 Å². The zero-order valence-electron chi connectivity index (χ0n) is 16.7. The molecule has 7 nitrogen and oxygen atoms in total. The fourth-order valence-corrected chi connectivity index (χ4v) is 5.19. The molecule has 0 bridgehead atoms. The number of carbonyl (C=O) groups is 1. The number of carbonyl (C=O) groups excluding carboxylic acids is 1. The van der Waals surface area contributed by atoms with E-state index >= 15 is 0 Å². The summed E-state index contributed by atoms with van der Waals surface area (Å²) in [5.74, 6) is 1.88. The highest BCUT2D eigenvalue weighted by Gasteiger charge is 2.37. The van der Waals surface area contributed by atoms with E-state index in [4.69, 9.17) is 4.98 Å². The summed E-state index contributed by atoms with van der Waals surface area (Å²) in [6.07, 6.45) is 3.56. The van der Waals surface area contributed by atoms with Crippen molar-refractivity contribution in [2.75, 3.05) is 23.7 Å². The molecule has 3 rings (SSSR count). The Kier molecular flexibility index (Phi) is 5.86. The van der Waals surface area contributed by atoms with Gasteiger partial charge in [0.05, 0.1) is 11.8 Å². The molecule has 1 atom stereocenters. The number of anilines is 1. The lowest BCUT2D eigenvalue weighted by Gasteiger charge is -2.31. The van der Waals surface area contributed by atoms with Gasteiger partial charge in [-0.3, -0.25) is 9.69 Å². The molecule has 3 heterocycles. The highest BCUT2D eigenvalue weighted by atomic mass is 32.2. The van der Waals surface area contributed by atoms with E-state index in [1.807, 2.05) is 6.92 Å². The maximum Gasteiger partial charge on any atom is 0.228 e. The summed E-state index contributed by atoms with van der Waals surface area (Å²) in [4.78, 5) is 23.7. The standard InChI is InChI=1S/C19H30N4O3S/c1-5-27(25,26)23-11-6-7-16(23)18-20-14(4)15-8-9-17(24)22(19(15)21-18)12-10-13(2)3/h13,16H,5-12H2,1-4H3. The summed E-state index contributed by atoms with van der Waals surface area (Å²) >= 11 is 0. The molecular formula is C19H30N4O3S. The largest absolute Gasteiger partial charge is 0.296 e. The number of sulfonamides is 1. The number of aryl methyl sites for hydroxylation is 1. The monoisotopic (exact) mass is 394 g/mol. The summed E-state index contributed by atoms with van der Waals surface area (Å²) in [5.41, 5.74) is 1.88. The summed E-state index contributed by atoms with van der Waals surface area (Å²) in [6, 6.07) is -0.331. The Bertz CT molecular complexity index is 822. The van der Waals surface area contributed by atoms with Crippen LogP contribution in [-0.2, 0) is 21.2 Å². The molecule has 0 aliphatic carbocycles. The molecule has 1 amide bonds. The van der Waals surface area contributed by atoms with Gasteiger partial charge in [-0.1, -0.05) is 13.8 Å². The number of fused-ring (bicyclic) bond motifs is 1. The van der Waals surface area contributed by atoms with Gasteiger partial charge in [0.1, 0.15) is 11.6 Å². The van der Waals surface area contributed by atoms with Gasteiger partial charge >= 0.3 is 0 Å². The second kappa shape index (κ2) is 7.83. The van der Waals surface area contributed by atoms with Gasteiger partial charge in [-0.15, -0.1) is 0 Å². The van der Waals surface area contributed by atoms with E-state index < -0.39 is 10.0 Å². The number of rotatable bonds is 6. The summed E-state index contributed by atoms with van der Waals surface area (Å²) in [7, 11) is -3.30. The molecule has 27 heavy (non-hydrogen) atoms. The van der Waals surface area contributed by atoms with Gasteiger partial charge in [0, 0.05) is 30.8 Å². The Morgan fingerprint density at radius 2 is 1.96 bits per heavy atom. The first kappa shape index (κ1) is 20.2. The molecule has 1 saturated heterocycles. The zero-order chi connectivity index (χ0) is 19.8. The highest BCUT2D eigenvalue weighted by molar-refractivity contribution is 7.89. The summed E-state index contributed by atoms with van der Waals surface area (Å²) in [5, 5.41) is 0. The van der Waals surface area contributed by atoms with Gasteiger partial charge in [0.25, 0.3) is 0 Å². The topological polar surface area (TPSA) is 83.5 Å². The van der Waals surface area contributed by atoms with Crippen LogP contribution in [0.2, 0.25) is 0 Å². The van der Waals surface area contributed by atoms with Crippen molar-refractivity contribution in [3.05, 3.63) is 17.1 Å². The van der Waals surface area contributed by atoms with Crippen molar-refractivity contribution >= 4 is 21.7 Å². The molecule has 2 aliphatic heterocycles. The average Bonchev–Trinajstić information content (AvgIpc) is 3.11. The lowest BCUT2D eigenvalue weighted by Crippen LogP contribution is -2.39. The lowest BCUT2D eigenvalue weighted by atomic mass is 10.0. The zero-order valence-corrected chi connectivity index (χ0v) is 17.5. The van der Waals surface area contributed by atoms with Crippen molar-refractivity contribution in [1.29, 1.82) is 0 Å². The van der Waals surface area contributed by atoms with Crippen LogP contribution in [0.3, 0.4) is 0 Å². The minimum absolute atomic E-state index is 0.0758. The van der Waals surface area contributed by atoms with Crippen LogP contribution in [0.5, 0.6) is 0 Å². The van der Waals surface area contributed by atoms with E-state index in [-0.39, 0.29) is 17.7 Å². The quantitative estimate of drug-likeness (QED) is 0.740. The van der Waals surface area contributed by atoms with Gasteiger partial charge < -0.3 is 0 Å². The second-order valence-corrected chi connectivity index (χ2v) is 10.1. The van der Waals surface area contributed by atoms with E-state index in [9.17, 15) is 13.2 Å². The third kappa shape index (κ3) is 4.01. The molecular weight excluding hydrogens is 364 g/mol. The third-order valence-electron chi connectivity index (χ3n) is 5.51. The fraction of sp³-hybridized carbons (Fsp3) is 0.737. The van der Waals surface area contributed by atoms with Crippen molar-refractivity contribution in [3.63, 3.8) is 0 Å². The minimum atomic E-state index is -3.30. The van der Waals surface area contributed by atoms with Crippen molar-refractivity contribution in [3.8, 4) is 0 Å². The summed E-state index contributed by atoms with van der Waals surface area (Å²) < 4.78 is 26.5. The number of aromatic nitrogens is 2. The summed E-state index contributed by atoms with van der Waals surface area (Å²) in [6.45, 7) is 9.03. The normalized spacial score (nSPS) is 21.1. The van der Waals surface area contributed by atoms with Gasteiger partial charge in [-0.2, -0.15) is 4.31 Å². The van der Waals surface area contributed by atoms with E-state index in [1.165, 1.54) is 4.31 Å². The lowest BCUT2D eigenvalue weighted by molar-refractivity contribution is -0.119. The van der Waals surface area contributed by atoms with Crippen LogP contribution < -0.4 is 4.90 Å². The van der Waals surface area contributed by atoms with E-state index in [0.717, 1.165) is 30.5 Å². The first-order chi connectivity index (χ1) is 12.7. The van der Waals surface area contributed by atoms with Crippen molar-refractivity contribution in [2.45, 2.75) is 65.8 Å². The second-order valence-electron chi connectivity index (χ2n) is 7.87. The van der Waals surface area contributed by atoms with Crippen LogP contribution in [0.4, 0.5) is 5.82 Å². The Balaban J connectivity index is 2.00. The molecule has 0 N–H and O–H groups in total. The Morgan fingerprint density at radius 3 is 2.63 bits per heavy atom. The van der Waals surface area contributed by atoms with Crippen LogP contribution >= 0.6 is 0 Å². The Morgan fingerprint density at radius 1 is 1.22 bits per heavy atom. The van der Waals surface area contributed by atoms with Gasteiger partial charge in [-0.05, 0) is 45.4 Å². The molecule has 1 unspecified atom stereocenters. The van der Waals surface area contributed by atoms with Crippen LogP contribution in [0.1, 0.15) is 69.6 Å². The Hall–Kier alpha value is -1.54. The molecule has 1 aromatic rings. The van der Waals surface area contributed by atoms with Crippen LogP contribution in [-0.4, -0.2) is 47.4 Å². The highest BCUT2D eigenvalue weighted by Crippen LogP contribution is 2.36. The van der Waals surface area contributed by atoms with Crippen LogP contribution in [0, 0.1) is 12.8 Å². The fourth-order valence-electron chi connectivity index (χ4n) is 3.87. The number of hydrogen-bond acceptors (Lipinski definition) is 5. The Labute approximate surface area is 162 Å². The molecule has 0 aromatic carbocycles. The third-order valence-corrected chi connectivity index (χ3v) is 7.39. The molecule has 0 saturated carbocycles. The first-order valence-corrected chi connectivity index (χ1v) is 11.5. The van der Waals surface area contributed by atoms with Crippen LogP contribution in [0.25, 0.3) is 0 Å². The molecule has 2 aliphatic rings. The SMILES string of the molecule is CCS(=O)(=O)N1CCCC1c1nc(C)c2c(n1)N(CCC(C)C)C(=O)CC2. The predicted octanol–water partition coefficient (Wildman–Crippen LogP) is 2.60. The number of hydrogen-bond donors (Lipinski definition) is 0. The van der Waals surface area contributed by atoms with Gasteiger partial charge in [-0.25, -0.2) is 18.4 Å². The van der Waals surface area contributed by atoms with Crippen molar-refractivity contribution in [2.24, 2.45) is 5.92 Å². The molecule has 8 heteroatoms. The molecule has 150 valence electrons. The van der Waals surface area contributed by atoms with Crippen LogP contribution in [0.15, 0.2) is 0 Å². The predicted molar refractivity (Wildman–Crippen MR) is 105 cm³/mol. The van der Waals surface area contributed by atoms with Crippen molar-refractivity contribution < 1.29 is 13.2 Å². The molecule has 1 fully saturated rings. The van der Waals surface area contributed by atoms with Gasteiger partial charge in [0.15, 0.2) is 0 Å². The van der Waals surface area contributed by atoms with Crippen molar-refractivity contribution in [1.82, 2.24) is 14.3 Å². The maximum absolute atomic E-state index is 12.5. The van der Waals surface area contributed by atoms with Gasteiger partial charge in [0.2, 0.25) is 15.9 Å². The molecule has 0 radical (unpaired) electrons. The number of amides is 1. The van der Waals surface area contributed by atoms with E-state index in [2.05, 4.69) is 18.8 Å². The smallest absolute Gasteiger partial charge is 0.228 e. The molecule has 1 aromatic heterocycles. The maximum atomic E-state index is 12.5. The average molecular weight is 395 g/mol. The first-order valence-electron chi connectivity index (χ1n) is 9.92. The number of nitrogens with zero attached hydrogens (tertiary/aromatic N) is 4.